The smallest absolute Gasteiger partial charge is 0.387 e. The fourth-order valence-corrected chi connectivity index (χ4v) is 1.90. The Morgan fingerprint density at radius 2 is 2.05 bits per heavy atom. The Balaban J connectivity index is 2.95. The van der Waals surface area contributed by atoms with Crippen LogP contribution in [0.3, 0.4) is 0 Å². The molecule has 0 saturated heterocycles. The summed E-state index contributed by atoms with van der Waals surface area (Å²) < 4.78 is 29.3. The van der Waals surface area contributed by atoms with Gasteiger partial charge in [0.2, 0.25) is 0 Å². The third-order valence-corrected chi connectivity index (χ3v) is 2.72. The van der Waals surface area contributed by atoms with Gasteiger partial charge in [-0.05, 0) is 45.9 Å². The number of alkyl halides is 2. The lowest BCUT2D eigenvalue weighted by Crippen LogP contribution is -2.47. The van der Waals surface area contributed by atoms with Gasteiger partial charge in [0.1, 0.15) is 5.75 Å². The van der Waals surface area contributed by atoms with E-state index in [-0.39, 0.29) is 17.8 Å². The summed E-state index contributed by atoms with van der Waals surface area (Å²) in [5.74, 6) is 0.674. The van der Waals surface area contributed by atoms with Crippen LogP contribution < -0.4 is 15.4 Å². The van der Waals surface area contributed by atoms with Crippen LogP contribution in [0.25, 0.3) is 0 Å². The Bertz CT molecular complexity index is 516. The molecule has 0 aromatic heterocycles. The molecule has 4 nitrogen and oxygen atoms in total. The van der Waals surface area contributed by atoms with Crippen LogP contribution in [0, 0.1) is 0 Å². The largest absolute Gasteiger partial charge is 0.434 e. The van der Waals surface area contributed by atoms with Gasteiger partial charge < -0.3 is 15.4 Å². The molecule has 0 amide bonds. The highest BCUT2D eigenvalue weighted by Crippen LogP contribution is 2.25. The van der Waals surface area contributed by atoms with Crippen LogP contribution >= 0.6 is 11.6 Å². The molecule has 2 N–H and O–H groups in total. The molecule has 0 heterocycles. The molecule has 1 rings (SSSR count). The fourth-order valence-electron chi connectivity index (χ4n) is 1.71. The van der Waals surface area contributed by atoms with Crippen LogP contribution in [0.4, 0.5) is 8.78 Å². The van der Waals surface area contributed by atoms with Gasteiger partial charge in [-0.1, -0.05) is 11.6 Å². The van der Waals surface area contributed by atoms with E-state index in [0.29, 0.717) is 23.1 Å². The number of guanidine groups is 1. The van der Waals surface area contributed by atoms with Crippen molar-refractivity contribution in [3.05, 3.63) is 28.8 Å². The first kappa shape index (κ1) is 18.5. The van der Waals surface area contributed by atoms with Gasteiger partial charge in [-0.2, -0.15) is 8.78 Å². The van der Waals surface area contributed by atoms with E-state index >= 15 is 0 Å². The van der Waals surface area contributed by atoms with Gasteiger partial charge in [-0.15, -0.1) is 0 Å². The summed E-state index contributed by atoms with van der Waals surface area (Å²) in [4.78, 5) is 4.39. The molecule has 0 aliphatic heterocycles. The van der Waals surface area contributed by atoms with Crippen molar-refractivity contribution in [1.29, 1.82) is 0 Å². The van der Waals surface area contributed by atoms with Crippen LogP contribution in [0.2, 0.25) is 5.02 Å². The van der Waals surface area contributed by atoms with Crippen LogP contribution in [-0.4, -0.2) is 24.7 Å². The number of nitrogens with one attached hydrogen (secondary N) is 2. The highest BCUT2D eigenvalue weighted by molar-refractivity contribution is 6.30. The van der Waals surface area contributed by atoms with Crippen LogP contribution in [-0.2, 0) is 6.54 Å². The molecule has 124 valence electrons. The van der Waals surface area contributed by atoms with Crippen molar-refractivity contribution in [2.75, 3.05) is 6.54 Å². The molecular formula is C15H22ClF2N3O. The fraction of sp³-hybridized carbons (Fsp3) is 0.533. The predicted molar refractivity (Wildman–Crippen MR) is 85.8 cm³/mol. The van der Waals surface area contributed by atoms with Crippen molar-refractivity contribution in [2.24, 2.45) is 4.99 Å². The van der Waals surface area contributed by atoms with E-state index in [9.17, 15) is 8.78 Å². The molecular weight excluding hydrogens is 312 g/mol. The van der Waals surface area contributed by atoms with Crippen LogP contribution in [0.5, 0.6) is 5.75 Å². The van der Waals surface area contributed by atoms with E-state index in [0.717, 1.165) is 0 Å². The molecule has 1 aromatic carbocycles. The number of nitrogens with zero attached hydrogens (tertiary/aromatic N) is 1. The summed E-state index contributed by atoms with van der Waals surface area (Å²) in [5, 5.41) is 6.77. The molecule has 0 aliphatic carbocycles. The number of hydrogen-bond acceptors (Lipinski definition) is 2. The highest BCUT2D eigenvalue weighted by atomic mass is 35.5. The molecule has 0 radical (unpaired) electrons. The highest BCUT2D eigenvalue weighted by Gasteiger charge is 2.13. The van der Waals surface area contributed by atoms with Crippen molar-refractivity contribution in [1.82, 2.24) is 10.6 Å². The van der Waals surface area contributed by atoms with Crippen LogP contribution in [0.1, 0.15) is 33.3 Å². The van der Waals surface area contributed by atoms with Crippen molar-refractivity contribution < 1.29 is 13.5 Å². The summed E-state index contributed by atoms with van der Waals surface area (Å²) in [6, 6.07) is 4.50. The van der Waals surface area contributed by atoms with E-state index < -0.39 is 6.61 Å². The number of benzene rings is 1. The number of halogens is 3. The predicted octanol–water partition coefficient (Wildman–Crippen LogP) is 3.80. The van der Waals surface area contributed by atoms with Crippen LogP contribution in [0.15, 0.2) is 23.2 Å². The third-order valence-electron chi connectivity index (χ3n) is 2.48. The Kier molecular flexibility index (Phi) is 6.87. The van der Waals surface area contributed by atoms with Gasteiger partial charge in [0.15, 0.2) is 5.96 Å². The zero-order chi connectivity index (χ0) is 16.8. The molecule has 0 bridgehead atoms. The molecule has 7 heteroatoms. The lowest BCUT2D eigenvalue weighted by Gasteiger charge is -2.23. The zero-order valence-electron chi connectivity index (χ0n) is 13.2. The zero-order valence-corrected chi connectivity index (χ0v) is 14.0. The summed E-state index contributed by atoms with van der Waals surface area (Å²) in [5.41, 5.74) is 0.330. The molecule has 0 saturated carbocycles. The summed E-state index contributed by atoms with van der Waals surface area (Å²) >= 11 is 5.91. The van der Waals surface area contributed by atoms with Gasteiger partial charge in [0.05, 0.1) is 6.54 Å². The molecule has 0 fully saturated rings. The molecule has 0 atom stereocenters. The molecule has 1 aromatic rings. The van der Waals surface area contributed by atoms with Gasteiger partial charge in [0, 0.05) is 22.7 Å². The second kappa shape index (κ2) is 8.17. The second-order valence-electron chi connectivity index (χ2n) is 5.70. The number of ether oxygens (including phenoxy) is 1. The quantitative estimate of drug-likeness (QED) is 0.636. The second-order valence-corrected chi connectivity index (χ2v) is 6.14. The third kappa shape index (κ3) is 6.93. The Morgan fingerprint density at radius 3 is 2.59 bits per heavy atom. The van der Waals surface area contributed by atoms with Crippen molar-refractivity contribution in [3.63, 3.8) is 0 Å². The lowest BCUT2D eigenvalue weighted by molar-refractivity contribution is -0.0504. The lowest BCUT2D eigenvalue weighted by atomic mass is 10.1. The summed E-state index contributed by atoms with van der Waals surface area (Å²) in [6.45, 7) is 5.95. The van der Waals surface area contributed by atoms with Gasteiger partial charge >= 0.3 is 6.61 Å². The van der Waals surface area contributed by atoms with Crippen molar-refractivity contribution >= 4 is 17.6 Å². The van der Waals surface area contributed by atoms with E-state index in [1.807, 2.05) is 27.7 Å². The average Bonchev–Trinajstić information content (AvgIpc) is 2.37. The summed E-state index contributed by atoms with van der Waals surface area (Å²) in [7, 11) is 0. The van der Waals surface area contributed by atoms with E-state index in [1.165, 1.54) is 12.1 Å². The number of hydrogen-bond donors (Lipinski definition) is 2. The van der Waals surface area contributed by atoms with Gasteiger partial charge in [-0.25, -0.2) is 4.99 Å². The SMILES string of the molecule is CCNC(=NCc1cc(Cl)ccc1OC(F)F)NC(C)(C)C. The summed E-state index contributed by atoms with van der Waals surface area (Å²) in [6.07, 6.45) is 0. The maximum Gasteiger partial charge on any atom is 0.387 e. The molecule has 0 unspecified atom stereocenters. The molecule has 22 heavy (non-hydrogen) atoms. The minimum Gasteiger partial charge on any atom is -0.434 e. The topological polar surface area (TPSA) is 45.7 Å². The van der Waals surface area contributed by atoms with Gasteiger partial charge in [0.25, 0.3) is 0 Å². The van der Waals surface area contributed by atoms with E-state index in [2.05, 4.69) is 20.4 Å². The minimum absolute atomic E-state index is 0.0785. The number of aliphatic imine (C=N–C) groups is 1. The Labute approximate surface area is 134 Å². The Morgan fingerprint density at radius 1 is 1.36 bits per heavy atom. The first-order valence-corrected chi connectivity index (χ1v) is 7.39. The van der Waals surface area contributed by atoms with E-state index in [4.69, 9.17) is 11.6 Å². The van der Waals surface area contributed by atoms with Crippen molar-refractivity contribution in [2.45, 2.75) is 46.4 Å². The van der Waals surface area contributed by atoms with Gasteiger partial charge in [-0.3, -0.25) is 0 Å². The Hall–Kier alpha value is -1.56. The van der Waals surface area contributed by atoms with Crippen molar-refractivity contribution in [3.8, 4) is 5.75 Å². The van der Waals surface area contributed by atoms with E-state index in [1.54, 1.807) is 6.07 Å². The number of rotatable bonds is 5. The standard InChI is InChI=1S/C15H22ClF2N3O/c1-5-19-14(21-15(2,3)4)20-9-10-8-11(16)6-7-12(10)22-13(17)18/h6-8,13H,5,9H2,1-4H3,(H2,19,20,21). The molecule has 0 aliphatic rings. The average molecular weight is 334 g/mol. The first-order chi connectivity index (χ1) is 10.2. The molecule has 0 spiro atoms. The first-order valence-electron chi connectivity index (χ1n) is 7.01. The minimum atomic E-state index is -2.88. The monoisotopic (exact) mass is 333 g/mol. The maximum atomic E-state index is 12.4. The normalized spacial score (nSPS) is 12.5. The maximum absolute atomic E-state index is 12.4.